The first-order valence-corrected chi connectivity index (χ1v) is 10.7. The van der Waals surface area contributed by atoms with Crippen LogP contribution < -0.4 is 10.6 Å². The molecule has 4 rings (SSSR count). The number of aliphatic hydroxyl groups is 1. The van der Waals surface area contributed by atoms with Crippen LogP contribution >= 0.6 is 11.8 Å². The Hall–Kier alpha value is -1.30. The Balaban J connectivity index is 1.63. The summed E-state index contributed by atoms with van der Waals surface area (Å²) in [5, 5.41) is 19.6. The van der Waals surface area contributed by atoms with Crippen LogP contribution in [0, 0.1) is 11.8 Å². The zero-order valence-electron chi connectivity index (χ0n) is 15.4. The lowest BCUT2D eigenvalue weighted by atomic mass is 9.63. The fourth-order valence-corrected chi connectivity index (χ4v) is 6.11. The molecule has 26 heavy (non-hydrogen) atoms. The van der Waals surface area contributed by atoms with Gasteiger partial charge in [-0.25, -0.2) is 0 Å². The first-order valence-electron chi connectivity index (χ1n) is 9.74. The Bertz CT molecular complexity index is 690. The van der Waals surface area contributed by atoms with Crippen molar-refractivity contribution in [2.24, 2.45) is 11.8 Å². The Kier molecular flexibility index (Phi) is 5.13. The molecule has 3 N–H and O–H groups in total. The Labute approximate surface area is 159 Å². The maximum absolute atomic E-state index is 12.4. The Morgan fingerprint density at radius 2 is 2.08 bits per heavy atom. The van der Waals surface area contributed by atoms with Crippen molar-refractivity contribution in [3.63, 3.8) is 0 Å². The van der Waals surface area contributed by atoms with Crippen molar-refractivity contribution in [2.45, 2.75) is 56.0 Å². The topological polar surface area (TPSA) is 61.4 Å². The van der Waals surface area contributed by atoms with Crippen LogP contribution in [0.4, 0.5) is 0 Å². The molecule has 1 aliphatic carbocycles. The van der Waals surface area contributed by atoms with Crippen LogP contribution in [0.3, 0.4) is 0 Å². The molecule has 1 aromatic carbocycles. The van der Waals surface area contributed by atoms with Crippen LogP contribution in [0.2, 0.25) is 0 Å². The number of carbonyl (C=O) groups is 1. The van der Waals surface area contributed by atoms with Gasteiger partial charge in [0.25, 0.3) is 0 Å². The number of fused-ring (bicyclic) bond motifs is 3. The molecule has 0 bridgehead atoms. The molecule has 2 heterocycles. The summed E-state index contributed by atoms with van der Waals surface area (Å²) in [5.74, 6) is 0.730. The number of amides is 1. The molecule has 1 saturated carbocycles. The lowest BCUT2D eigenvalue weighted by molar-refractivity contribution is -0.126. The van der Waals surface area contributed by atoms with Crippen molar-refractivity contribution in [2.75, 3.05) is 6.54 Å². The predicted octanol–water partition coefficient (Wildman–Crippen LogP) is 2.96. The molecule has 3 aliphatic rings. The maximum atomic E-state index is 12.4. The quantitative estimate of drug-likeness (QED) is 0.760. The van der Waals surface area contributed by atoms with Crippen LogP contribution in [-0.4, -0.2) is 35.0 Å². The molecule has 0 radical (unpaired) electrons. The van der Waals surface area contributed by atoms with E-state index in [1.54, 1.807) is 11.8 Å². The molecule has 0 aromatic heterocycles. The van der Waals surface area contributed by atoms with E-state index >= 15 is 0 Å². The molecule has 7 atom stereocenters. The van der Waals surface area contributed by atoms with Crippen molar-refractivity contribution < 1.29 is 9.90 Å². The van der Waals surface area contributed by atoms with Crippen LogP contribution in [0.25, 0.3) is 0 Å². The van der Waals surface area contributed by atoms with Gasteiger partial charge in [0.05, 0.1) is 11.4 Å². The number of benzene rings is 1. The average molecular weight is 373 g/mol. The normalized spacial score (nSPS) is 37.0. The number of carbonyl (C=O) groups excluding carboxylic acids is 1. The van der Waals surface area contributed by atoms with Gasteiger partial charge < -0.3 is 15.7 Å². The van der Waals surface area contributed by atoms with Crippen LogP contribution in [0.15, 0.2) is 35.7 Å². The zero-order valence-corrected chi connectivity index (χ0v) is 16.2. The number of allylic oxidation sites excluding steroid dienone is 1. The molecule has 7 unspecified atom stereocenters. The summed E-state index contributed by atoms with van der Waals surface area (Å²) >= 11 is 1.62. The van der Waals surface area contributed by atoms with Gasteiger partial charge in [-0.3, -0.25) is 4.79 Å². The lowest BCUT2D eigenvalue weighted by Crippen LogP contribution is -2.59. The van der Waals surface area contributed by atoms with Gasteiger partial charge in [0.2, 0.25) is 5.91 Å². The van der Waals surface area contributed by atoms with E-state index < -0.39 is 0 Å². The predicted molar refractivity (Wildman–Crippen MR) is 106 cm³/mol. The van der Waals surface area contributed by atoms with Gasteiger partial charge in [-0.1, -0.05) is 37.3 Å². The van der Waals surface area contributed by atoms with Gasteiger partial charge in [0.15, 0.2) is 0 Å². The monoisotopic (exact) mass is 372 g/mol. The molecule has 5 heteroatoms. The fraction of sp³-hybridized carbons (Fsp3) is 0.571. The minimum absolute atomic E-state index is 0.0305. The van der Waals surface area contributed by atoms with Crippen molar-refractivity contribution in [3.05, 3.63) is 46.9 Å². The van der Waals surface area contributed by atoms with E-state index in [2.05, 4.69) is 60.2 Å². The van der Waals surface area contributed by atoms with E-state index in [0.29, 0.717) is 6.04 Å². The number of thioether (sulfide) groups is 1. The highest BCUT2D eigenvalue weighted by Crippen LogP contribution is 2.50. The third-order valence-corrected chi connectivity index (χ3v) is 7.44. The second-order valence-electron chi connectivity index (χ2n) is 7.77. The minimum atomic E-state index is -0.344. The van der Waals surface area contributed by atoms with E-state index in [0.717, 1.165) is 19.4 Å². The zero-order chi connectivity index (χ0) is 18.3. The van der Waals surface area contributed by atoms with E-state index in [4.69, 9.17) is 0 Å². The van der Waals surface area contributed by atoms with Crippen LogP contribution in [-0.2, 0) is 4.79 Å². The second-order valence-corrected chi connectivity index (χ2v) is 8.82. The van der Waals surface area contributed by atoms with Gasteiger partial charge in [0, 0.05) is 23.9 Å². The first-order chi connectivity index (χ1) is 12.6. The molecule has 1 amide bonds. The van der Waals surface area contributed by atoms with E-state index in [-0.39, 0.29) is 41.1 Å². The Morgan fingerprint density at radius 3 is 2.81 bits per heavy atom. The Morgan fingerprint density at radius 1 is 1.31 bits per heavy atom. The van der Waals surface area contributed by atoms with Crippen LogP contribution in [0.1, 0.15) is 49.8 Å². The summed E-state index contributed by atoms with van der Waals surface area (Å²) in [6.45, 7) is 5.23. The SMILES string of the molecule is CCNC(C)c1ccc(C2C(O)CCC3NC(=O)C4SC=CC4C32)cc1. The van der Waals surface area contributed by atoms with E-state index in [1.807, 2.05) is 0 Å². The van der Waals surface area contributed by atoms with Gasteiger partial charge in [-0.15, -0.1) is 11.8 Å². The molecule has 1 saturated heterocycles. The second kappa shape index (κ2) is 7.37. The number of aliphatic hydroxyl groups excluding tert-OH is 1. The first kappa shape index (κ1) is 18.1. The molecule has 0 spiro atoms. The standard InChI is InChI=1S/C21H28N2O2S/c1-3-22-12(2)13-4-6-14(7-5-13)18-17(24)9-8-16-19(18)15-10-11-26-20(15)21(25)23-16/h4-7,10-12,15-20,22,24H,3,8-9H2,1-2H3,(H,23,25). The fourth-order valence-electron chi connectivity index (χ4n) is 5.02. The van der Waals surface area contributed by atoms with E-state index in [9.17, 15) is 9.90 Å². The summed E-state index contributed by atoms with van der Waals surface area (Å²) in [6, 6.07) is 9.20. The van der Waals surface area contributed by atoms with E-state index in [1.165, 1.54) is 11.1 Å². The molecule has 2 aliphatic heterocycles. The summed E-state index contributed by atoms with van der Waals surface area (Å²) in [6.07, 6.45) is 3.46. The van der Waals surface area contributed by atoms with Gasteiger partial charge in [0.1, 0.15) is 0 Å². The number of nitrogens with one attached hydrogen (secondary N) is 2. The maximum Gasteiger partial charge on any atom is 0.234 e. The summed E-state index contributed by atoms with van der Waals surface area (Å²) < 4.78 is 0. The third-order valence-electron chi connectivity index (χ3n) is 6.31. The van der Waals surface area contributed by atoms with Crippen molar-refractivity contribution in [3.8, 4) is 0 Å². The molecule has 140 valence electrons. The number of hydrogen-bond donors (Lipinski definition) is 3. The third kappa shape index (κ3) is 3.10. The number of rotatable bonds is 4. The molecule has 4 nitrogen and oxygen atoms in total. The smallest absolute Gasteiger partial charge is 0.234 e. The largest absolute Gasteiger partial charge is 0.392 e. The lowest BCUT2D eigenvalue weighted by Gasteiger charge is -2.48. The number of piperidine rings is 1. The average Bonchev–Trinajstić information content (AvgIpc) is 3.13. The van der Waals surface area contributed by atoms with Gasteiger partial charge in [-0.05, 0) is 48.8 Å². The highest BCUT2D eigenvalue weighted by molar-refractivity contribution is 8.03. The minimum Gasteiger partial charge on any atom is -0.392 e. The van der Waals surface area contributed by atoms with Gasteiger partial charge in [-0.2, -0.15) is 0 Å². The van der Waals surface area contributed by atoms with Crippen LogP contribution in [0.5, 0.6) is 0 Å². The van der Waals surface area contributed by atoms with Gasteiger partial charge >= 0.3 is 0 Å². The molecule has 1 aromatic rings. The van der Waals surface area contributed by atoms with Crippen molar-refractivity contribution in [1.82, 2.24) is 10.6 Å². The molecule has 2 fully saturated rings. The highest BCUT2D eigenvalue weighted by atomic mass is 32.2. The molecular weight excluding hydrogens is 344 g/mol. The van der Waals surface area contributed by atoms with Crippen molar-refractivity contribution >= 4 is 17.7 Å². The highest BCUT2D eigenvalue weighted by Gasteiger charge is 2.51. The molecular formula is C21H28N2O2S. The summed E-state index contributed by atoms with van der Waals surface area (Å²) in [4.78, 5) is 12.4. The number of hydrogen-bond acceptors (Lipinski definition) is 4. The summed E-state index contributed by atoms with van der Waals surface area (Å²) in [5.41, 5.74) is 2.46. The summed E-state index contributed by atoms with van der Waals surface area (Å²) in [7, 11) is 0. The van der Waals surface area contributed by atoms with Crippen molar-refractivity contribution in [1.29, 1.82) is 0 Å².